The molecule has 0 atom stereocenters. The van der Waals surface area contributed by atoms with E-state index in [1.165, 1.54) is 0 Å². The Labute approximate surface area is 260 Å². The smallest absolute Gasteiger partial charge is 0.262 e. The molecule has 1 amide bonds. The number of hydrogen-bond donors (Lipinski definition) is 2. The largest absolute Gasteiger partial charge is 0.441 e. The van der Waals surface area contributed by atoms with Crippen molar-refractivity contribution in [3.63, 3.8) is 0 Å². The summed E-state index contributed by atoms with van der Waals surface area (Å²) in [5, 5.41) is 12.1. The highest BCUT2D eigenvalue weighted by molar-refractivity contribution is 6.10. The molecule has 0 spiro atoms. The molecule has 46 heavy (non-hydrogen) atoms. The average molecular weight is 611 g/mol. The van der Waals surface area contributed by atoms with Crippen molar-refractivity contribution in [2.45, 2.75) is 13.8 Å². The van der Waals surface area contributed by atoms with Crippen molar-refractivity contribution in [1.82, 2.24) is 34.5 Å². The minimum Gasteiger partial charge on any atom is -0.441 e. The van der Waals surface area contributed by atoms with Gasteiger partial charge in [0.2, 0.25) is 0 Å². The number of hydrogen-bond acceptors (Lipinski definition) is 8. The number of aromatic nitrogens is 7. The molecule has 0 fully saturated rings. The number of carbonyl (C=O) groups excluding carboxylic acids is 1. The summed E-state index contributed by atoms with van der Waals surface area (Å²) in [6.07, 6.45) is 5.45. The van der Waals surface area contributed by atoms with Crippen molar-refractivity contribution in [1.29, 1.82) is 0 Å². The molecule has 2 aliphatic rings. The fourth-order valence-electron chi connectivity index (χ4n) is 5.91. The summed E-state index contributed by atoms with van der Waals surface area (Å²) in [4.78, 5) is 39.7. The minimum absolute atomic E-state index is 0.251. The molecule has 2 aromatic carbocycles. The van der Waals surface area contributed by atoms with Crippen LogP contribution in [-0.4, -0.2) is 40.4 Å². The summed E-state index contributed by atoms with van der Waals surface area (Å²) >= 11 is 0. The van der Waals surface area contributed by atoms with Gasteiger partial charge in [0.05, 0.1) is 28.7 Å². The molecule has 6 aromatic rings. The molecular weight excluding hydrogens is 584 g/mol. The maximum Gasteiger partial charge on any atom is 0.262 e. The van der Waals surface area contributed by atoms with Crippen molar-refractivity contribution < 1.29 is 13.7 Å². The molecule has 0 saturated carbocycles. The van der Waals surface area contributed by atoms with Crippen LogP contribution in [0.4, 0.5) is 5.69 Å². The third-order valence-corrected chi connectivity index (χ3v) is 8.08. The summed E-state index contributed by atoms with van der Waals surface area (Å²) in [5.41, 5.74) is 7.59. The Morgan fingerprint density at radius 1 is 0.957 bits per heavy atom. The number of aryl methyl sites for hydroxylation is 4. The summed E-state index contributed by atoms with van der Waals surface area (Å²) in [7, 11) is 3.58. The van der Waals surface area contributed by atoms with Crippen LogP contribution < -0.4 is 10.9 Å². The van der Waals surface area contributed by atoms with E-state index in [4.69, 9.17) is 13.9 Å². The number of rotatable bonds is 5. The maximum absolute atomic E-state index is 14.0. The Bertz CT molecular complexity index is 2490. The van der Waals surface area contributed by atoms with Crippen LogP contribution in [0.5, 0.6) is 0 Å². The summed E-state index contributed by atoms with van der Waals surface area (Å²) < 4.78 is 14.5. The van der Waals surface area contributed by atoms with Gasteiger partial charge in [-0.2, -0.15) is 5.10 Å². The average Bonchev–Trinajstić information content (AvgIpc) is 3.84. The van der Waals surface area contributed by atoms with Crippen LogP contribution in [0, 0.1) is 13.8 Å². The minimum atomic E-state index is -0.288. The highest BCUT2D eigenvalue weighted by Crippen LogP contribution is 2.42. The summed E-state index contributed by atoms with van der Waals surface area (Å²) in [5.74, 6) is 1.27. The number of anilines is 1. The molecule has 0 bridgehead atoms. The van der Waals surface area contributed by atoms with E-state index in [2.05, 4.69) is 25.5 Å². The van der Waals surface area contributed by atoms with E-state index in [-0.39, 0.29) is 11.5 Å². The number of aromatic amines is 1. The Morgan fingerprint density at radius 2 is 1.78 bits per heavy atom. The molecule has 226 valence electrons. The number of nitrogens with zero attached hydrogens (tertiary/aromatic N) is 6. The molecular formula is C34H26N8O4. The van der Waals surface area contributed by atoms with Crippen molar-refractivity contribution in [3.8, 4) is 45.1 Å². The van der Waals surface area contributed by atoms with Crippen LogP contribution >= 0.6 is 0 Å². The van der Waals surface area contributed by atoms with Gasteiger partial charge < -0.3 is 23.8 Å². The molecule has 2 aliphatic heterocycles. The van der Waals surface area contributed by atoms with Gasteiger partial charge in [0.15, 0.2) is 17.2 Å². The number of oxazole rings is 1. The zero-order valence-corrected chi connectivity index (χ0v) is 25.2. The first-order valence-corrected chi connectivity index (χ1v) is 14.5. The predicted octanol–water partition coefficient (Wildman–Crippen LogP) is 6.10. The lowest BCUT2D eigenvalue weighted by atomic mass is 9.92. The number of nitrogens with one attached hydrogen (secondary N) is 2. The molecule has 0 aliphatic carbocycles. The van der Waals surface area contributed by atoms with Crippen molar-refractivity contribution in [2.24, 2.45) is 14.1 Å². The van der Waals surface area contributed by atoms with E-state index >= 15 is 0 Å². The number of amides is 1. The molecule has 6 heterocycles. The van der Waals surface area contributed by atoms with E-state index in [0.29, 0.717) is 62.2 Å². The third-order valence-electron chi connectivity index (χ3n) is 8.08. The van der Waals surface area contributed by atoms with Gasteiger partial charge in [-0.1, -0.05) is 17.3 Å². The SMILES string of the molecule is Cc1cc(-c2c(-c3ccc(C(=O)Nc4ccc5oc(C)nc5c4)cc3)c3c4cc(-c5cnn(C)c5)nc-4[nH]cc3n(C)c2=O)on1. The second-order valence-corrected chi connectivity index (χ2v) is 11.2. The van der Waals surface area contributed by atoms with E-state index in [1.807, 2.05) is 38.4 Å². The molecule has 2 N–H and O–H groups in total. The molecule has 0 radical (unpaired) electrons. The monoisotopic (exact) mass is 610 g/mol. The zero-order chi connectivity index (χ0) is 31.7. The van der Waals surface area contributed by atoms with Crippen LogP contribution in [0.1, 0.15) is 21.9 Å². The quantitative estimate of drug-likeness (QED) is 0.237. The topological polar surface area (TPSA) is 150 Å². The number of H-pyrrole nitrogens is 1. The van der Waals surface area contributed by atoms with E-state index < -0.39 is 0 Å². The molecule has 12 heteroatoms. The van der Waals surface area contributed by atoms with Gasteiger partial charge in [0.1, 0.15) is 11.3 Å². The molecule has 0 unspecified atom stereocenters. The van der Waals surface area contributed by atoms with E-state index in [1.54, 1.807) is 72.0 Å². The normalized spacial score (nSPS) is 11.7. The van der Waals surface area contributed by atoms with Crippen LogP contribution in [0.25, 0.3) is 67.1 Å². The number of benzene rings is 2. The molecule has 8 rings (SSSR count). The highest BCUT2D eigenvalue weighted by atomic mass is 16.5. The van der Waals surface area contributed by atoms with Gasteiger partial charge >= 0.3 is 0 Å². The lowest BCUT2D eigenvalue weighted by molar-refractivity contribution is 0.102. The standard InChI is InChI=1S/C34H26N8O4/c1-17-11-28(46-40-17)31-29(19-5-7-20(8-6-19)33(43)38-22-9-10-27-25(12-22)37-18(2)45-27)30-23-13-24(21-14-36-41(3)16-21)39-32(23)35-15-26(30)42(4)34(31)44/h5-16H,1-4H3,(H,35,39)(H,38,43). The first-order chi connectivity index (χ1) is 22.2. The first kappa shape index (κ1) is 27.3. The van der Waals surface area contributed by atoms with Crippen molar-refractivity contribution in [3.05, 3.63) is 101 Å². The lowest BCUT2D eigenvalue weighted by Gasteiger charge is -2.17. The Kier molecular flexibility index (Phi) is 6.00. The lowest BCUT2D eigenvalue weighted by Crippen LogP contribution is -2.21. The number of fused-ring (bicyclic) bond motifs is 4. The molecule has 12 nitrogen and oxygen atoms in total. The van der Waals surface area contributed by atoms with Crippen LogP contribution in [0.15, 0.2) is 86.9 Å². The van der Waals surface area contributed by atoms with Gasteiger partial charge in [-0.05, 0) is 48.9 Å². The van der Waals surface area contributed by atoms with E-state index in [0.717, 1.165) is 27.8 Å². The van der Waals surface area contributed by atoms with Crippen molar-refractivity contribution in [2.75, 3.05) is 5.32 Å². The highest BCUT2D eigenvalue weighted by Gasteiger charge is 2.26. The maximum atomic E-state index is 14.0. The van der Waals surface area contributed by atoms with Crippen LogP contribution in [-0.2, 0) is 14.1 Å². The van der Waals surface area contributed by atoms with Gasteiger partial charge in [-0.15, -0.1) is 0 Å². The molecule has 0 saturated heterocycles. The van der Waals surface area contributed by atoms with Gasteiger partial charge in [0, 0.05) is 72.8 Å². The van der Waals surface area contributed by atoms with Gasteiger partial charge in [-0.3, -0.25) is 14.3 Å². The Balaban J connectivity index is 1.28. The first-order valence-electron chi connectivity index (χ1n) is 14.5. The zero-order valence-electron chi connectivity index (χ0n) is 25.2. The van der Waals surface area contributed by atoms with Gasteiger partial charge in [-0.25, -0.2) is 9.97 Å². The van der Waals surface area contributed by atoms with Gasteiger partial charge in [0.25, 0.3) is 11.5 Å². The fourth-order valence-corrected chi connectivity index (χ4v) is 5.91. The Morgan fingerprint density at radius 3 is 2.52 bits per heavy atom. The number of carbonyl (C=O) groups is 1. The summed E-state index contributed by atoms with van der Waals surface area (Å²) in [6, 6.07) is 16.2. The fraction of sp³-hybridized carbons (Fsp3) is 0.118. The predicted molar refractivity (Wildman–Crippen MR) is 173 cm³/mol. The van der Waals surface area contributed by atoms with Crippen LogP contribution in [0.3, 0.4) is 0 Å². The molecule has 4 aromatic heterocycles. The van der Waals surface area contributed by atoms with Crippen molar-refractivity contribution >= 4 is 33.6 Å². The summed E-state index contributed by atoms with van der Waals surface area (Å²) in [6.45, 7) is 3.58. The Hall–Kier alpha value is -6.30. The second kappa shape index (κ2) is 10.1. The third kappa shape index (κ3) is 4.38. The second-order valence-electron chi connectivity index (χ2n) is 11.2. The van der Waals surface area contributed by atoms with E-state index in [9.17, 15) is 9.59 Å². The number of pyridine rings is 2. The van der Waals surface area contributed by atoms with Crippen LogP contribution in [0.2, 0.25) is 0 Å².